The summed E-state index contributed by atoms with van der Waals surface area (Å²) in [5.41, 5.74) is 2.90. The van der Waals surface area contributed by atoms with Crippen LogP contribution in [0.2, 0.25) is 0 Å². The third-order valence-corrected chi connectivity index (χ3v) is 4.69. The molecule has 0 spiro atoms. The highest BCUT2D eigenvalue weighted by molar-refractivity contribution is 7.98. The number of thioether (sulfide) groups is 1. The highest BCUT2D eigenvalue weighted by Crippen LogP contribution is 2.43. The van der Waals surface area contributed by atoms with Gasteiger partial charge >= 0.3 is 0 Å². The van der Waals surface area contributed by atoms with Crippen LogP contribution in [0.3, 0.4) is 0 Å². The quantitative estimate of drug-likeness (QED) is 0.755. The fourth-order valence-corrected chi connectivity index (χ4v) is 3.52. The predicted molar refractivity (Wildman–Crippen MR) is 67.0 cm³/mol. The van der Waals surface area contributed by atoms with Crippen molar-refractivity contribution in [3.05, 3.63) is 29.3 Å². The third-order valence-electron chi connectivity index (χ3n) is 3.87. The van der Waals surface area contributed by atoms with Crippen molar-refractivity contribution in [3.8, 4) is 0 Å². The van der Waals surface area contributed by atoms with E-state index in [9.17, 15) is 0 Å². The van der Waals surface area contributed by atoms with Crippen molar-refractivity contribution in [2.24, 2.45) is 0 Å². The van der Waals surface area contributed by atoms with E-state index >= 15 is 0 Å². The van der Waals surface area contributed by atoms with Crippen LogP contribution in [0, 0.1) is 0 Å². The van der Waals surface area contributed by atoms with Crippen molar-refractivity contribution in [3.63, 3.8) is 0 Å². The summed E-state index contributed by atoms with van der Waals surface area (Å²) in [6.45, 7) is 5.01. The molecule has 1 aromatic rings. The van der Waals surface area contributed by atoms with Crippen LogP contribution in [0.15, 0.2) is 23.1 Å². The Labute approximate surface area is 101 Å². The molecule has 2 aliphatic rings. The van der Waals surface area contributed by atoms with Gasteiger partial charge in [0.25, 0.3) is 0 Å². The Morgan fingerprint density at radius 2 is 2.38 bits per heavy atom. The standard InChI is InChI=1S/C13H17NOS/c1-13-8-14-6-11(13)9-4-3-5-12(16-2)10(9)7-15-13/h3-5,11,14H,6-8H2,1-2H3. The van der Waals surface area contributed by atoms with Gasteiger partial charge in [-0.1, -0.05) is 12.1 Å². The molecule has 1 aromatic carbocycles. The molecule has 16 heavy (non-hydrogen) atoms. The molecule has 1 fully saturated rings. The molecule has 0 bridgehead atoms. The van der Waals surface area contributed by atoms with E-state index in [4.69, 9.17) is 4.74 Å². The fraction of sp³-hybridized carbons (Fsp3) is 0.538. The van der Waals surface area contributed by atoms with Gasteiger partial charge in [-0.15, -0.1) is 11.8 Å². The Balaban J connectivity index is 2.10. The molecule has 0 aliphatic carbocycles. The van der Waals surface area contributed by atoms with Crippen LogP contribution in [-0.4, -0.2) is 24.9 Å². The van der Waals surface area contributed by atoms with Gasteiger partial charge in [0, 0.05) is 23.9 Å². The summed E-state index contributed by atoms with van der Waals surface area (Å²) in [6.07, 6.45) is 2.14. The third kappa shape index (κ3) is 1.42. The minimum Gasteiger partial charge on any atom is -0.369 e. The molecule has 2 aliphatic heterocycles. The summed E-state index contributed by atoms with van der Waals surface area (Å²) in [5.74, 6) is 0.517. The molecular formula is C13H17NOS. The molecule has 1 N–H and O–H groups in total. The first-order valence-corrected chi connectivity index (χ1v) is 6.97. The van der Waals surface area contributed by atoms with E-state index in [1.165, 1.54) is 16.0 Å². The minimum atomic E-state index is 0.00400. The highest BCUT2D eigenvalue weighted by Gasteiger charge is 2.44. The first kappa shape index (κ1) is 10.6. The predicted octanol–water partition coefficient (Wildman–Crippen LogP) is 2.38. The van der Waals surface area contributed by atoms with Crippen LogP contribution in [0.1, 0.15) is 24.0 Å². The second-order valence-electron chi connectivity index (χ2n) is 4.81. The van der Waals surface area contributed by atoms with Gasteiger partial charge in [0.1, 0.15) is 0 Å². The van der Waals surface area contributed by atoms with Gasteiger partial charge in [0.2, 0.25) is 0 Å². The number of nitrogens with one attached hydrogen (secondary N) is 1. The number of hydrogen-bond donors (Lipinski definition) is 1. The van der Waals surface area contributed by atoms with Gasteiger partial charge in [-0.2, -0.15) is 0 Å². The SMILES string of the molecule is CSc1cccc2c1COC1(C)CNCC21. The maximum atomic E-state index is 6.08. The molecule has 2 heterocycles. The van der Waals surface area contributed by atoms with E-state index in [-0.39, 0.29) is 5.60 Å². The van der Waals surface area contributed by atoms with Crippen LogP contribution in [0.4, 0.5) is 0 Å². The molecular weight excluding hydrogens is 218 g/mol. The second kappa shape index (κ2) is 3.76. The summed E-state index contributed by atoms with van der Waals surface area (Å²) in [6, 6.07) is 6.64. The van der Waals surface area contributed by atoms with E-state index in [0.29, 0.717) is 5.92 Å². The molecule has 86 valence electrons. The molecule has 3 rings (SSSR count). The lowest BCUT2D eigenvalue weighted by molar-refractivity contribution is -0.0528. The van der Waals surface area contributed by atoms with Crippen molar-refractivity contribution in [2.45, 2.75) is 29.9 Å². The zero-order valence-electron chi connectivity index (χ0n) is 9.75. The summed E-state index contributed by atoms with van der Waals surface area (Å²) >= 11 is 1.82. The van der Waals surface area contributed by atoms with Crippen molar-refractivity contribution in [2.75, 3.05) is 19.3 Å². The molecule has 0 amide bonds. The van der Waals surface area contributed by atoms with Crippen molar-refractivity contribution in [1.82, 2.24) is 5.32 Å². The zero-order valence-corrected chi connectivity index (χ0v) is 10.6. The van der Waals surface area contributed by atoms with E-state index in [2.05, 4.69) is 36.7 Å². The summed E-state index contributed by atoms with van der Waals surface area (Å²) in [7, 11) is 0. The number of fused-ring (bicyclic) bond motifs is 3. The lowest BCUT2D eigenvalue weighted by Crippen LogP contribution is -2.39. The molecule has 2 atom stereocenters. The summed E-state index contributed by atoms with van der Waals surface area (Å²) in [5, 5.41) is 3.45. The van der Waals surface area contributed by atoms with Crippen LogP contribution in [-0.2, 0) is 11.3 Å². The van der Waals surface area contributed by atoms with E-state index in [1.54, 1.807) is 0 Å². The molecule has 0 aromatic heterocycles. The number of benzene rings is 1. The van der Waals surface area contributed by atoms with Gasteiger partial charge in [-0.05, 0) is 30.4 Å². The van der Waals surface area contributed by atoms with Crippen molar-refractivity contribution in [1.29, 1.82) is 0 Å². The lowest BCUT2D eigenvalue weighted by atomic mass is 9.81. The Kier molecular flexibility index (Phi) is 2.50. The van der Waals surface area contributed by atoms with Crippen LogP contribution in [0.25, 0.3) is 0 Å². The van der Waals surface area contributed by atoms with Crippen molar-refractivity contribution < 1.29 is 4.74 Å². The highest BCUT2D eigenvalue weighted by atomic mass is 32.2. The Bertz CT molecular complexity index is 420. The number of rotatable bonds is 1. The van der Waals surface area contributed by atoms with E-state index in [1.807, 2.05) is 11.8 Å². The smallest absolute Gasteiger partial charge is 0.0863 e. The van der Waals surface area contributed by atoms with Crippen LogP contribution in [0.5, 0.6) is 0 Å². The Morgan fingerprint density at radius 1 is 1.50 bits per heavy atom. The average Bonchev–Trinajstić information content (AvgIpc) is 2.70. The monoisotopic (exact) mass is 235 g/mol. The molecule has 0 radical (unpaired) electrons. The molecule has 2 nitrogen and oxygen atoms in total. The van der Waals surface area contributed by atoms with Crippen LogP contribution < -0.4 is 5.32 Å². The maximum Gasteiger partial charge on any atom is 0.0863 e. The Morgan fingerprint density at radius 3 is 3.19 bits per heavy atom. The Hall–Kier alpha value is -0.510. The van der Waals surface area contributed by atoms with E-state index in [0.717, 1.165) is 19.7 Å². The zero-order chi connectivity index (χ0) is 11.2. The van der Waals surface area contributed by atoms with Crippen LogP contribution >= 0.6 is 11.8 Å². The van der Waals surface area contributed by atoms with Gasteiger partial charge in [0.15, 0.2) is 0 Å². The lowest BCUT2D eigenvalue weighted by Gasteiger charge is -2.37. The minimum absolute atomic E-state index is 0.00400. The van der Waals surface area contributed by atoms with Gasteiger partial charge < -0.3 is 10.1 Å². The second-order valence-corrected chi connectivity index (χ2v) is 5.66. The van der Waals surface area contributed by atoms with Gasteiger partial charge in [0.05, 0.1) is 12.2 Å². The summed E-state index contributed by atoms with van der Waals surface area (Å²) < 4.78 is 6.08. The van der Waals surface area contributed by atoms with Crippen molar-refractivity contribution >= 4 is 11.8 Å². The first-order valence-electron chi connectivity index (χ1n) is 5.75. The fourth-order valence-electron chi connectivity index (χ4n) is 2.89. The van der Waals surface area contributed by atoms with E-state index < -0.39 is 0 Å². The molecule has 3 heteroatoms. The topological polar surface area (TPSA) is 21.3 Å². The number of ether oxygens (including phenoxy) is 1. The molecule has 1 saturated heterocycles. The number of hydrogen-bond acceptors (Lipinski definition) is 3. The first-order chi connectivity index (χ1) is 7.74. The maximum absolute atomic E-state index is 6.08. The molecule has 0 saturated carbocycles. The van der Waals surface area contributed by atoms with Gasteiger partial charge in [-0.25, -0.2) is 0 Å². The average molecular weight is 235 g/mol. The van der Waals surface area contributed by atoms with Gasteiger partial charge in [-0.3, -0.25) is 0 Å². The normalized spacial score (nSPS) is 32.2. The summed E-state index contributed by atoms with van der Waals surface area (Å²) in [4.78, 5) is 1.37. The molecule has 2 unspecified atom stereocenters. The largest absolute Gasteiger partial charge is 0.369 e.